The number of rotatable bonds is 1. The highest BCUT2D eigenvalue weighted by Crippen LogP contribution is 2.18. The summed E-state index contributed by atoms with van der Waals surface area (Å²) in [7, 11) is 0. The van der Waals surface area contributed by atoms with Gasteiger partial charge in [0.1, 0.15) is 5.71 Å². The third-order valence-electron chi connectivity index (χ3n) is 2.06. The van der Waals surface area contributed by atoms with Crippen molar-refractivity contribution >= 4 is 22.9 Å². The molecule has 1 aromatic carbocycles. The van der Waals surface area contributed by atoms with Crippen LogP contribution in [0, 0.1) is 10.8 Å². The first-order valence-corrected chi connectivity index (χ1v) is 4.28. The summed E-state index contributed by atoms with van der Waals surface area (Å²) in [5, 5.41) is 20.8. The molecule has 0 saturated heterocycles. The summed E-state index contributed by atoms with van der Waals surface area (Å²) < 4.78 is 0. The van der Waals surface area contributed by atoms with Gasteiger partial charge in [-0.1, -0.05) is 18.2 Å². The molecule has 4 heteroatoms. The van der Waals surface area contributed by atoms with E-state index in [1.165, 1.54) is 5.01 Å². The Hall–Kier alpha value is -1.97. The lowest BCUT2D eigenvalue weighted by atomic mass is 10.2. The van der Waals surface area contributed by atoms with E-state index < -0.39 is 0 Å². The highest BCUT2D eigenvalue weighted by molar-refractivity contribution is 6.71. The quantitative estimate of drug-likeness (QED) is 0.691. The lowest BCUT2D eigenvalue weighted by molar-refractivity contribution is 1.14. The molecule has 4 nitrogen and oxygen atoms in total. The number of nitrogens with zero attached hydrogens (tertiary/aromatic N) is 2. The van der Waals surface area contributed by atoms with E-state index in [1.807, 2.05) is 30.3 Å². The van der Waals surface area contributed by atoms with E-state index in [1.54, 1.807) is 6.92 Å². The third kappa shape index (κ3) is 1.21. The van der Waals surface area contributed by atoms with Gasteiger partial charge in [0.25, 0.3) is 0 Å². The van der Waals surface area contributed by atoms with E-state index in [-0.39, 0.29) is 11.5 Å². The minimum absolute atomic E-state index is 0.133. The Bertz CT molecular complexity index is 419. The van der Waals surface area contributed by atoms with Crippen LogP contribution in [-0.4, -0.2) is 17.3 Å². The van der Waals surface area contributed by atoms with Crippen molar-refractivity contribution in [3.63, 3.8) is 0 Å². The fraction of sp³-hybridized carbons (Fsp3) is 0.100. The fourth-order valence-corrected chi connectivity index (χ4v) is 1.28. The Morgan fingerprint density at radius 1 is 1.14 bits per heavy atom. The first kappa shape index (κ1) is 8.62. The van der Waals surface area contributed by atoms with Crippen LogP contribution in [-0.2, 0) is 0 Å². The van der Waals surface area contributed by atoms with Crippen molar-refractivity contribution in [3.05, 3.63) is 30.3 Å². The molecular formula is C10H10N4. The Morgan fingerprint density at radius 2 is 1.79 bits per heavy atom. The topological polar surface area (TPSA) is 63.3 Å². The zero-order chi connectivity index (χ0) is 10.1. The number of hydrogen-bond acceptors (Lipinski definition) is 3. The van der Waals surface area contributed by atoms with Crippen LogP contribution in [0.15, 0.2) is 35.4 Å². The van der Waals surface area contributed by atoms with Gasteiger partial charge in [0.2, 0.25) is 0 Å². The third-order valence-corrected chi connectivity index (χ3v) is 2.06. The number of para-hydroxylation sites is 1. The molecule has 1 aromatic rings. The summed E-state index contributed by atoms with van der Waals surface area (Å²) in [4.78, 5) is 0. The smallest absolute Gasteiger partial charge is 0.173 e. The molecule has 0 atom stereocenters. The molecule has 0 amide bonds. The molecule has 70 valence electrons. The van der Waals surface area contributed by atoms with Crippen molar-refractivity contribution in [2.24, 2.45) is 5.10 Å². The van der Waals surface area contributed by atoms with Gasteiger partial charge in [-0.2, -0.15) is 5.10 Å². The molecule has 0 saturated carbocycles. The van der Waals surface area contributed by atoms with Crippen molar-refractivity contribution in [3.8, 4) is 0 Å². The number of benzene rings is 1. The second-order valence-electron chi connectivity index (χ2n) is 3.06. The van der Waals surface area contributed by atoms with E-state index >= 15 is 0 Å². The normalized spacial score (nSPS) is 16.1. The molecular weight excluding hydrogens is 176 g/mol. The zero-order valence-corrected chi connectivity index (χ0v) is 7.78. The Labute approximate surface area is 81.9 Å². The predicted octanol–water partition coefficient (Wildman–Crippen LogP) is 1.88. The molecule has 1 aliphatic rings. The number of anilines is 1. The van der Waals surface area contributed by atoms with E-state index in [2.05, 4.69) is 5.10 Å². The molecule has 0 bridgehead atoms. The van der Waals surface area contributed by atoms with Crippen LogP contribution in [0.2, 0.25) is 0 Å². The largest absolute Gasteiger partial charge is 0.295 e. The molecule has 0 fully saturated rings. The second kappa shape index (κ2) is 3.06. The van der Waals surface area contributed by atoms with Gasteiger partial charge in [0.05, 0.1) is 11.4 Å². The van der Waals surface area contributed by atoms with E-state index in [9.17, 15) is 0 Å². The number of amidine groups is 1. The van der Waals surface area contributed by atoms with Crippen molar-refractivity contribution < 1.29 is 0 Å². The highest BCUT2D eigenvalue weighted by atomic mass is 15.5. The molecule has 0 aliphatic carbocycles. The summed E-state index contributed by atoms with van der Waals surface area (Å²) in [5.74, 6) is 0.133. The van der Waals surface area contributed by atoms with Gasteiger partial charge < -0.3 is 0 Å². The average Bonchev–Trinajstić information content (AvgIpc) is 2.47. The summed E-state index contributed by atoms with van der Waals surface area (Å²) in [5.41, 5.74) is 1.59. The fourth-order valence-electron chi connectivity index (χ4n) is 1.28. The zero-order valence-electron chi connectivity index (χ0n) is 7.78. The van der Waals surface area contributed by atoms with E-state index in [0.29, 0.717) is 5.71 Å². The average molecular weight is 186 g/mol. The van der Waals surface area contributed by atoms with Crippen LogP contribution in [0.1, 0.15) is 6.92 Å². The van der Waals surface area contributed by atoms with Gasteiger partial charge in [-0.25, -0.2) is 5.01 Å². The minimum atomic E-state index is 0.133. The summed E-state index contributed by atoms with van der Waals surface area (Å²) in [6.45, 7) is 1.74. The molecule has 14 heavy (non-hydrogen) atoms. The van der Waals surface area contributed by atoms with Crippen molar-refractivity contribution in [2.75, 3.05) is 5.01 Å². The molecule has 0 unspecified atom stereocenters. The molecule has 2 N–H and O–H groups in total. The second-order valence-corrected chi connectivity index (χ2v) is 3.06. The Morgan fingerprint density at radius 3 is 2.29 bits per heavy atom. The van der Waals surface area contributed by atoms with Gasteiger partial charge in [-0.3, -0.25) is 10.8 Å². The first-order chi connectivity index (χ1) is 6.70. The molecule has 2 rings (SSSR count). The maximum Gasteiger partial charge on any atom is 0.173 e. The minimum Gasteiger partial charge on any atom is -0.295 e. The van der Waals surface area contributed by atoms with Gasteiger partial charge in [-0.05, 0) is 19.1 Å². The molecule has 1 heterocycles. The van der Waals surface area contributed by atoms with E-state index in [0.717, 1.165) is 5.69 Å². The van der Waals surface area contributed by atoms with Crippen LogP contribution in [0.3, 0.4) is 0 Å². The van der Waals surface area contributed by atoms with Crippen molar-refractivity contribution in [1.82, 2.24) is 0 Å². The number of hydrazone groups is 1. The predicted molar refractivity (Wildman–Crippen MR) is 57.5 cm³/mol. The van der Waals surface area contributed by atoms with Crippen LogP contribution in [0.25, 0.3) is 0 Å². The van der Waals surface area contributed by atoms with Crippen LogP contribution in [0.5, 0.6) is 0 Å². The molecule has 0 aromatic heterocycles. The van der Waals surface area contributed by atoms with Crippen molar-refractivity contribution in [1.29, 1.82) is 10.8 Å². The monoisotopic (exact) mass is 186 g/mol. The standard InChI is InChI=1S/C10H10N4/c1-7-9(11)10(12)14(13-7)8-5-3-2-4-6-8/h2-6,11-12H,1H3. The number of nitrogens with one attached hydrogen (secondary N) is 2. The SMILES string of the molecule is CC1=NN(c2ccccc2)C(=N)C1=N. The Kier molecular flexibility index (Phi) is 1.89. The lowest BCUT2D eigenvalue weighted by Crippen LogP contribution is -2.25. The van der Waals surface area contributed by atoms with Crippen LogP contribution in [0.4, 0.5) is 5.69 Å². The van der Waals surface area contributed by atoms with Gasteiger partial charge in [-0.15, -0.1) is 0 Å². The maximum absolute atomic E-state index is 7.67. The van der Waals surface area contributed by atoms with Gasteiger partial charge in [0, 0.05) is 0 Å². The van der Waals surface area contributed by atoms with E-state index in [4.69, 9.17) is 10.8 Å². The Balaban J connectivity index is 2.39. The van der Waals surface area contributed by atoms with Gasteiger partial charge in [0.15, 0.2) is 5.84 Å². The molecule has 1 aliphatic heterocycles. The van der Waals surface area contributed by atoms with Gasteiger partial charge >= 0.3 is 0 Å². The summed E-state index contributed by atoms with van der Waals surface area (Å²) >= 11 is 0. The summed E-state index contributed by atoms with van der Waals surface area (Å²) in [6.07, 6.45) is 0. The van der Waals surface area contributed by atoms with Crippen LogP contribution >= 0.6 is 0 Å². The molecule has 0 spiro atoms. The highest BCUT2D eigenvalue weighted by Gasteiger charge is 2.24. The molecule has 0 radical (unpaired) electrons. The van der Waals surface area contributed by atoms with Crippen molar-refractivity contribution in [2.45, 2.75) is 6.92 Å². The maximum atomic E-state index is 7.67. The first-order valence-electron chi connectivity index (χ1n) is 4.28. The lowest BCUT2D eigenvalue weighted by Gasteiger charge is -2.12. The number of hydrogen-bond donors (Lipinski definition) is 2. The van der Waals surface area contributed by atoms with Crippen LogP contribution < -0.4 is 5.01 Å². The summed E-state index contributed by atoms with van der Waals surface area (Å²) in [6, 6.07) is 9.41.